The largest absolute Gasteiger partial charge is 0.458 e. The predicted octanol–water partition coefficient (Wildman–Crippen LogP) is 4.71. The number of fused-ring (bicyclic) bond motifs is 2. The van der Waals surface area contributed by atoms with Crippen molar-refractivity contribution in [1.82, 2.24) is 0 Å². The van der Waals surface area contributed by atoms with E-state index in [-0.39, 0.29) is 17.0 Å². The van der Waals surface area contributed by atoms with Gasteiger partial charge in [-0.15, -0.1) is 0 Å². The molecule has 2 bridgehead atoms. The molecule has 2 nitrogen and oxygen atoms in total. The van der Waals surface area contributed by atoms with Crippen LogP contribution in [0.25, 0.3) is 0 Å². The average molecular weight is 266 g/mol. The molecule has 2 aliphatic rings. The maximum Gasteiger partial charge on any atom is 0.312 e. The molecule has 3 unspecified atom stereocenters. The highest BCUT2D eigenvalue weighted by molar-refractivity contribution is 5.76. The normalized spacial score (nSPS) is 34.9. The van der Waals surface area contributed by atoms with Crippen LogP contribution >= 0.6 is 0 Å². The molecule has 0 saturated heterocycles. The molecule has 0 aromatic heterocycles. The van der Waals surface area contributed by atoms with Crippen LogP contribution < -0.4 is 0 Å². The van der Waals surface area contributed by atoms with Gasteiger partial charge in [0, 0.05) is 0 Å². The van der Waals surface area contributed by atoms with Gasteiger partial charge in [-0.05, 0) is 64.2 Å². The predicted molar refractivity (Wildman–Crippen MR) is 77.9 cm³/mol. The second-order valence-corrected chi connectivity index (χ2v) is 7.31. The molecule has 2 heteroatoms. The third-order valence-electron chi connectivity index (χ3n) is 5.83. The first-order chi connectivity index (χ1) is 8.93. The molecule has 0 radical (unpaired) electrons. The van der Waals surface area contributed by atoms with E-state index in [1.54, 1.807) is 0 Å². The van der Waals surface area contributed by atoms with Gasteiger partial charge in [0.05, 0.1) is 5.41 Å². The van der Waals surface area contributed by atoms with E-state index in [4.69, 9.17) is 4.74 Å². The van der Waals surface area contributed by atoms with Gasteiger partial charge in [0.15, 0.2) is 0 Å². The second kappa shape index (κ2) is 5.46. The van der Waals surface area contributed by atoms with Crippen LogP contribution in [0.5, 0.6) is 0 Å². The topological polar surface area (TPSA) is 26.3 Å². The van der Waals surface area contributed by atoms with E-state index in [0.29, 0.717) is 5.92 Å². The molecule has 2 saturated carbocycles. The van der Waals surface area contributed by atoms with Gasteiger partial charge in [0.1, 0.15) is 5.60 Å². The summed E-state index contributed by atoms with van der Waals surface area (Å²) in [5.74, 6) is 1.53. The molecule has 3 atom stereocenters. The maximum absolute atomic E-state index is 12.5. The third kappa shape index (κ3) is 2.83. The lowest BCUT2D eigenvalue weighted by Crippen LogP contribution is -2.49. The van der Waals surface area contributed by atoms with E-state index in [0.717, 1.165) is 25.2 Å². The summed E-state index contributed by atoms with van der Waals surface area (Å²) in [6, 6.07) is 0. The first-order valence-corrected chi connectivity index (χ1v) is 8.17. The summed E-state index contributed by atoms with van der Waals surface area (Å²) in [6.07, 6.45) is 9.43. The molecular formula is C17H30O2. The summed E-state index contributed by atoms with van der Waals surface area (Å²) in [5.41, 5.74) is -0.492. The van der Waals surface area contributed by atoms with E-state index in [1.165, 1.54) is 32.1 Å². The van der Waals surface area contributed by atoms with Crippen molar-refractivity contribution in [3.05, 3.63) is 0 Å². The quantitative estimate of drug-likeness (QED) is 0.688. The smallest absolute Gasteiger partial charge is 0.312 e. The lowest BCUT2D eigenvalue weighted by molar-refractivity contribution is -0.187. The maximum atomic E-state index is 12.5. The van der Waals surface area contributed by atoms with Gasteiger partial charge >= 0.3 is 5.97 Å². The Labute approximate surface area is 118 Å². The molecule has 2 aliphatic carbocycles. The highest BCUT2D eigenvalue weighted by Crippen LogP contribution is 2.49. The van der Waals surface area contributed by atoms with Gasteiger partial charge in [-0.3, -0.25) is 4.79 Å². The fourth-order valence-electron chi connectivity index (χ4n) is 3.82. The molecule has 0 aromatic carbocycles. The van der Waals surface area contributed by atoms with Crippen LogP contribution in [-0.2, 0) is 9.53 Å². The van der Waals surface area contributed by atoms with Crippen LogP contribution in [0.3, 0.4) is 0 Å². The van der Waals surface area contributed by atoms with Gasteiger partial charge in [-0.1, -0.05) is 26.7 Å². The van der Waals surface area contributed by atoms with Crippen molar-refractivity contribution in [2.45, 2.75) is 84.7 Å². The number of rotatable bonds is 4. The number of hydrogen-bond acceptors (Lipinski definition) is 2. The molecule has 2 fully saturated rings. The van der Waals surface area contributed by atoms with Crippen LogP contribution in [0, 0.1) is 17.3 Å². The molecule has 19 heavy (non-hydrogen) atoms. The van der Waals surface area contributed by atoms with Gasteiger partial charge in [0.25, 0.3) is 0 Å². The molecule has 0 amide bonds. The SMILES string of the molecule is CCC(C)(C)C(=O)OC1(CC)CCC2CCCC1C2. The molecule has 0 spiro atoms. The third-order valence-corrected chi connectivity index (χ3v) is 5.83. The second-order valence-electron chi connectivity index (χ2n) is 7.31. The van der Waals surface area contributed by atoms with Gasteiger partial charge < -0.3 is 4.74 Å². The van der Waals surface area contributed by atoms with E-state index >= 15 is 0 Å². The Hall–Kier alpha value is -0.530. The molecule has 110 valence electrons. The minimum Gasteiger partial charge on any atom is -0.458 e. The van der Waals surface area contributed by atoms with Crippen molar-refractivity contribution in [2.24, 2.45) is 17.3 Å². The summed E-state index contributed by atoms with van der Waals surface area (Å²) in [4.78, 5) is 12.5. The Morgan fingerprint density at radius 3 is 2.63 bits per heavy atom. The Morgan fingerprint density at radius 2 is 2.00 bits per heavy atom. The zero-order valence-electron chi connectivity index (χ0n) is 13.1. The first kappa shape index (κ1) is 14.9. The highest BCUT2D eigenvalue weighted by atomic mass is 16.6. The molecule has 0 heterocycles. The summed E-state index contributed by atoms with van der Waals surface area (Å²) in [7, 11) is 0. The lowest BCUT2D eigenvalue weighted by Gasteiger charge is -2.49. The summed E-state index contributed by atoms with van der Waals surface area (Å²) >= 11 is 0. The Balaban J connectivity index is 2.12. The standard InChI is InChI=1S/C17H30O2/c1-5-16(3,4)15(18)19-17(6-2)11-10-13-8-7-9-14(17)12-13/h13-14H,5-12H2,1-4H3. The van der Waals surface area contributed by atoms with E-state index < -0.39 is 0 Å². The van der Waals surface area contributed by atoms with Crippen molar-refractivity contribution in [1.29, 1.82) is 0 Å². The van der Waals surface area contributed by atoms with Crippen LogP contribution in [0.1, 0.15) is 79.1 Å². The fraction of sp³-hybridized carbons (Fsp3) is 0.941. The Kier molecular flexibility index (Phi) is 4.27. The lowest BCUT2D eigenvalue weighted by atomic mass is 9.63. The molecule has 0 N–H and O–H groups in total. The number of carbonyl (C=O) groups excluding carboxylic acids is 1. The fourth-order valence-corrected chi connectivity index (χ4v) is 3.82. The summed E-state index contributed by atoms with van der Waals surface area (Å²) < 4.78 is 6.13. The van der Waals surface area contributed by atoms with E-state index in [9.17, 15) is 4.79 Å². The molecule has 0 aromatic rings. The van der Waals surface area contributed by atoms with Crippen LogP contribution in [0.15, 0.2) is 0 Å². The number of esters is 1. The van der Waals surface area contributed by atoms with Crippen molar-refractivity contribution in [3.63, 3.8) is 0 Å². The zero-order chi connectivity index (χ0) is 14.1. The van der Waals surface area contributed by atoms with Crippen LogP contribution in [-0.4, -0.2) is 11.6 Å². The minimum absolute atomic E-state index is 0.0147. The Bertz CT molecular complexity index is 334. The number of carbonyl (C=O) groups is 1. The van der Waals surface area contributed by atoms with Crippen LogP contribution in [0.2, 0.25) is 0 Å². The van der Waals surface area contributed by atoms with E-state index in [1.807, 2.05) is 13.8 Å². The van der Waals surface area contributed by atoms with Crippen molar-refractivity contribution < 1.29 is 9.53 Å². The zero-order valence-corrected chi connectivity index (χ0v) is 13.1. The summed E-state index contributed by atoms with van der Waals surface area (Å²) in [5, 5.41) is 0. The number of ether oxygens (including phenoxy) is 1. The van der Waals surface area contributed by atoms with Crippen molar-refractivity contribution >= 4 is 5.97 Å². The molecular weight excluding hydrogens is 236 g/mol. The van der Waals surface area contributed by atoms with Gasteiger partial charge in [-0.25, -0.2) is 0 Å². The van der Waals surface area contributed by atoms with Crippen molar-refractivity contribution in [2.75, 3.05) is 0 Å². The molecule has 2 rings (SSSR count). The first-order valence-electron chi connectivity index (χ1n) is 8.17. The summed E-state index contributed by atoms with van der Waals surface area (Å²) in [6.45, 7) is 8.27. The van der Waals surface area contributed by atoms with Crippen molar-refractivity contribution in [3.8, 4) is 0 Å². The monoisotopic (exact) mass is 266 g/mol. The highest BCUT2D eigenvalue weighted by Gasteiger charge is 2.48. The molecule has 0 aliphatic heterocycles. The van der Waals surface area contributed by atoms with Gasteiger partial charge in [-0.2, -0.15) is 0 Å². The Morgan fingerprint density at radius 1 is 1.26 bits per heavy atom. The minimum atomic E-state index is -0.340. The van der Waals surface area contributed by atoms with Gasteiger partial charge in [0.2, 0.25) is 0 Å². The van der Waals surface area contributed by atoms with Crippen LogP contribution in [0.4, 0.5) is 0 Å². The average Bonchev–Trinajstić information content (AvgIpc) is 2.42. The number of hydrogen-bond donors (Lipinski definition) is 0. The van der Waals surface area contributed by atoms with E-state index in [2.05, 4.69) is 13.8 Å².